The summed E-state index contributed by atoms with van der Waals surface area (Å²) in [4.78, 5) is 16.0. The molecule has 4 rings (SSSR count). The molecule has 1 saturated heterocycles. The van der Waals surface area contributed by atoms with E-state index in [4.69, 9.17) is 14.7 Å². The van der Waals surface area contributed by atoms with Crippen molar-refractivity contribution >= 4 is 28.6 Å². The minimum Gasteiger partial charge on any atom is -0.370 e. The number of anilines is 3. The van der Waals surface area contributed by atoms with Gasteiger partial charge in [-0.05, 0) is 32.4 Å². The van der Waals surface area contributed by atoms with Gasteiger partial charge in [0.05, 0.1) is 19.3 Å². The molecule has 0 spiro atoms. The minimum atomic E-state index is -4.37. The summed E-state index contributed by atoms with van der Waals surface area (Å²) in [5, 5.41) is 11.0. The topological polar surface area (TPSA) is 93.0 Å². The average molecular weight is 464 g/mol. The molecule has 4 heterocycles. The summed E-state index contributed by atoms with van der Waals surface area (Å²) < 4.78 is 43.5. The van der Waals surface area contributed by atoms with Crippen LogP contribution in [0.4, 0.5) is 30.8 Å². The van der Waals surface area contributed by atoms with Crippen molar-refractivity contribution in [2.24, 2.45) is 0 Å². The van der Waals surface area contributed by atoms with Gasteiger partial charge in [0.2, 0.25) is 5.95 Å². The lowest BCUT2D eigenvalue weighted by Crippen LogP contribution is -2.54. The molecule has 2 atom stereocenters. The lowest BCUT2D eigenvalue weighted by molar-refractivity contribution is -0.174. The van der Waals surface area contributed by atoms with Crippen LogP contribution in [0.25, 0.3) is 11.0 Å². The van der Waals surface area contributed by atoms with Gasteiger partial charge in [-0.3, -0.25) is 4.68 Å². The van der Waals surface area contributed by atoms with Crippen LogP contribution in [0.3, 0.4) is 0 Å². The second kappa shape index (κ2) is 9.48. The molecule has 0 unspecified atom stereocenters. The van der Waals surface area contributed by atoms with Crippen LogP contribution in [0.2, 0.25) is 0 Å². The van der Waals surface area contributed by atoms with Crippen LogP contribution >= 0.6 is 0 Å². The van der Waals surface area contributed by atoms with Crippen LogP contribution in [0.1, 0.15) is 19.4 Å². The van der Waals surface area contributed by atoms with Gasteiger partial charge < -0.3 is 20.3 Å². The number of halogens is 3. The highest BCUT2D eigenvalue weighted by atomic mass is 19.4. The Bertz CT molecular complexity index is 1080. The van der Waals surface area contributed by atoms with E-state index in [1.165, 1.54) is 0 Å². The van der Waals surface area contributed by atoms with E-state index in [1.807, 2.05) is 19.1 Å². The molecule has 1 aliphatic heterocycles. The normalized spacial score (nSPS) is 19.3. The van der Waals surface area contributed by atoms with Crippen molar-refractivity contribution in [3.63, 3.8) is 0 Å². The van der Waals surface area contributed by atoms with Crippen molar-refractivity contribution in [2.75, 3.05) is 36.5 Å². The van der Waals surface area contributed by atoms with Gasteiger partial charge in [-0.1, -0.05) is 6.07 Å². The van der Waals surface area contributed by atoms with Gasteiger partial charge in [0.25, 0.3) is 0 Å². The fraction of sp³-hybridized carbons (Fsp3) is 0.524. The molecule has 0 aliphatic carbocycles. The highest BCUT2D eigenvalue weighted by Gasteiger charge is 2.28. The second-order valence-corrected chi connectivity index (χ2v) is 8.36. The van der Waals surface area contributed by atoms with Crippen LogP contribution < -0.4 is 15.5 Å². The van der Waals surface area contributed by atoms with E-state index in [0.717, 1.165) is 18.7 Å². The Balaban J connectivity index is 1.65. The molecule has 33 heavy (non-hydrogen) atoms. The Morgan fingerprint density at radius 1 is 1.15 bits per heavy atom. The number of rotatable bonds is 7. The summed E-state index contributed by atoms with van der Waals surface area (Å²) in [5.74, 6) is 1.64. The van der Waals surface area contributed by atoms with Crippen LogP contribution in [0.15, 0.2) is 24.5 Å². The molecule has 0 amide bonds. The summed E-state index contributed by atoms with van der Waals surface area (Å²) in [7, 11) is 0. The molecule has 0 aromatic carbocycles. The van der Waals surface area contributed by atoms with Gasteiger partial charge >= 0.3 is 6.18 Å². The number of fused-ring (bicyclic) bond motifs is 1. The van der Waals surface area contributed by atoms with Crippen molar-refractivity contribution in [3.8, 4) is 0 Å². The first-order valence-corrected chi connectivity index (χ1v) is 10.8. The van der Waals surface area contributed by atoms with E-state index < -0.39 is 12.8 Å². The molecule has 1 fully saturated rings. The lowest BCUT2D eigenvalue weighted by atomic mass is 10.1. The molecular weight excluding hydrogens is 437 g/mol. The van der Waals surface area contributed by atoms with Crippen molar-refractivity contribution in [3.05, 3.63) is 30.1 Å². The molecule has 0 radical (unpaired) electrons. The number of pyridine rings is 1. The maximum Gasteiger partial charge on any atom is 0.411 e. The first-order chi connectivity index (χ1) is 15.7. The predicted molar refractivity (Wildman–Crippen MR) is 119 cm³/mol. The zero-order valence-electron chi connectivity index (χ0n) is 18.7. The monoisotopic (exact) mass is 464 g/mol. The Morgan fingerprint density at radius 3 is 2.58 bits per heavy atom. The molecule has 0 bridgehead atoms. The molecule has 178 valence electrons. The van der Waals surface area contributed by atoms with E-state index in [1.54, 1.807) is 17.1 Å². The Kier molecular flexibility index (Phi) is 6.66. The Morgan fingerprint density at radius 2 is 1.91 bits per heavy atom. The number of aromatic nitrogens is 5. The first kappa shape index (κ1) is 23.2. The number of nitrogens with one attached hydrogen (secondary N) is 2. The summed E-state index contributed by atoms with van der Waals surface area (Å²) >= 11 is 0. The van der Waals surface area contributed by atoms with Crippen LogP contribution in [0, 0.1) is 6.92 Å². The fourth-order valence-corrected chi connectivity index (χ4v) is 3.88. The summed E-state index contributed by atoms with van der Waals surface area (Å²) in [5.41, 5.74) is 2.18. The fourth-order valence-electron chi connectivity index (χ4n) is 3.88. The smallest absolute Gasteiger partial charge is 0.370 e. The van der Waals surface area contributed by atoms with Gasteiger partial charge in [-0.25, -0.2) is 9.97 Å². The standard InChI is InChI=1S/C21H27F3N8O/c1-13-4-5-17(25-8-13)29-19-18-16(9-26-32(18)6-7-33-12-21(22,23)24)28-20(30-19)31-10-14(2)27-15(3)11-31/h4-5,8-9,14-15,27H,6-7,10-12H2,1-3H3,(H,25,28,29,30)/t14-,15-/m1/s1. The quantitative estimate of drug-likeness (QED) is 0.516. The Hall–Kier alpha value is -2.99. The molecule has 3 aromatic rings. The third kappa shape index (κ3) is 5.88. The number of hydrogen-bond acceptors (Lipinski definition) is 8. The van der Waals surface area contributed by atoms with Gasteiger partial charge in [0.1, 0.15) is 23.5 Å². The highest BCUT2D eigenvalue weighted by Crippen LogP contribution is 2.27. The maximum absolute atomic E-state index is 12.4. The first-order valence-electron chi connectivity index (χ1n) is 10.8. The maximum atomic E-state index is 12.4. The van der Waals surface area contributed by atoms with Gasteiger partial charge in [0.15, 0.2) is 5.82 Å². The highest BCUT2D eigenvalue weighted by molar-refractivity contribution is 5.88. The van der Waals surface area contributed by atoms with E-state index in [2.05, 4.69) is 39.5 Å². The molecule has 9 nitrogen and oxygen atoms in total. The second-order valence-electron chi connectivity index (χ2n) is 8.36. The summed E-state index contributed by atoms with van der Waals surface area (Å²) in [6.07, 6.45) is -1.04. The van der Waals surface area contributed by atoms with E-state index in [-0.39, 0.29) is 25.2 Å². The van der Waals surface area contributed by atoms with Crippen molar-refractivity contribution < 1.29 is 17.9 Å². The molecule has 1 aliphatic rings. The summed E-state index contributed by atoms with van der Waals surface area (Å²) in [6.45, 7) is 6.33. The van der Waals surface area contributed by atoms with Crippen molar-refractivity contribution in [2.45, 2.75) is 45.6 Å². The van der Waals surface area contributed by atoms with Gasteiger partial charge in [-0.15, -0.1) is 0 Å². The van der Waals surface area contributed by atoms with E-state index in [0.29, 0.717) is 28.6 Å². The molecule has 2 N–H and O–H groups in total. The number of nitrogens with zero attached hydrogens (tertiary/aromatic N) is 6. The average Bonchev–Trinajstić information content (AvgIpc) is 3.15. The molecular formula is C21H27F3N8O. The van der Waals surface area contributed by atoms with Crippen molar-refractivity contribution in [1.82, 2.24) is 30.0 Å². The van der Waals surface area contributed by atoms with Crippen LogP contribution in [0.5, 0.6) is 0 Å². The number of aryl methyl sites for hydroxylation is 1. The van der Waals surface area contributed by atoms with Crippen molar-refractivity contribution in [1.29, 1.82) is 0 Å². The number of ether oxygens (including phenoxy) is 1. The number of hydrogen-bond donors (Lipinski definition) is 2. The van der Waals surface area contributed by atoms with Crippen LogP contribution in [-0.2, 0) is 11.3 Å². The zero-order valence-corrected chi connectivity index (χ0v) is 18.7. The molecule has 3 aromatic heterocycles. The van der Waals surface area contributed by atoms with Crippen LogP contribution in [-0.4, -0.2) is 69.3 Å². The van der Waals surface area contributed by atoms with Gasteiger partial charge in [0, 0.05) is 31.4 Å². The lowest BCUT2D eigenvalue weighted by Gasteiger charge is -2.36. The van der Waals surface area contributed by atoms with E-state index >= 15 is 0 Å². The molecule has 12 heteroatoms. The molecule has 0 saturated carbocycles. The third-order valence-corrected chi connectivity index (χ3v) is 5.19. The largest absolute Gasteiger partial charge is 0.411 e. The summed E-state index contributed by atoms with van der Waals surface area (Å²) in [6, 6.07) is 4.32. The zero-order chi connectivity index (χ0) is 23.6. The van der Waals surface area contributed by atoms with E-state index in [9.17, 15) is 13.2 Å². The predicted octanol–water partition coefficient (Wildman–Crippen LogP) is 3.04. The third-order valence-electron chi connectivity index (χ3n) is 5.19. The number of alkyl halides is 3. The minimum absolute atomic E-state index is 0.125. The van der Waals surface area contributed by atoms with Gasteiger partial charge in [-0.2, -0.15) is 23.3 Å². The Labute approximate surface area is 189 Å². The number of piperazine rings is 1. The SMILES string of the molecule is Cc1ccc(Nc2nc(N3C[C@@H](C)N[C@H](C)C3)nc3cnn(CCOCC(F)(F)F)c23)nc1.